The molecule has 0 spiro atoms. The fourth-order valence-electron chi connectivity index (χ4n) is 4.40. The molecular weight excluding hydrogens is 462 g/mol. The molecule has 5 rings (SSSR count). The molecule has 5 aromatic rings. The van der Waals surface area contributed by atoms with Crippen LogP contribution in [-0.4, -0.2) is 39.6 Å². The second kappa shape index (κ2) is 9.76. The van der Waals surface area contributed by atoms with Gasteiger partial charge in [-0.05, 0) is 55.8 Å². The molecule has 0 N–H and O–H groups in total. The van der Waals surface area contributed by atoms with Crippen LogP contribution in [0, 0.1) is 0 Å². The van der Waals surface area contributed by atoms with Gasteiger partial charge < -0.3 is 18.8 Å². The highest BCUT2D eigenvalue weighted by atomic mass is 32.1. The van der Waals surface area contributed by atoms with Crippen LogP contribution in [0.1, 0.15) is 29.9 Å². The lowest BCUT2D eigenvalue weighted by molar-refractivity contribution is 0.0516. The quantitative estimate of drug-likeness (QED) is 0.252. The number of hydrogen-bond donors (Lipinski definition) is 0. The number of benzene rings is 3. The molecule has 0 fully saturated rings. The van der Waals surface area contributed by atoms with E-state index in [1.165, 1.54) is 11.7 Å². The summed E-state index contributed by atoms with van der Waals surface area (Å²) in [6, 6.07) is 19.6. The first kappa shape index (κ1) is 22.9. The van der Waals surface area contributed by atoms with E-state index in [1.807, 2.05) is 79.1 Å². The summed E-state index contributed by atoms with van der Waals surface area (Å²) < 4.78 is 27.7. The molecule has 7 nitrogen and oxygen atoms in total. The number of rotatable bonds is 8. The largest absolute Gasteiger partial charge is 0.496 e. The van der Waals surface area contributed by atoms with Gasteiger partial charge in [0.15, 0.2) is 0 Å². The first-order chi connectivity index (χ1) is 17.1. The third-order valence-corrected chi connectivity index (χ3v) is 6.43. The van der Waals surface area contributed by atoms with Crippen LogP contribution in [0.4, 0.5) is 0 Å². The molecule has 35 heavy (non-hydrogen) atoms. The molecule has 2 heterocycles. The normalized spacial score (nSPS) is 11.2. The van der Waals surface area contributed by atoms with Crippen molar-refractivity contribution >= 4 is 39.6 Å². The molecule has 0 saturated carbocycles. The van der Waals surface area contributed by atoms with Crippen molar-refractivity contribution in [3.8, 4) is 22.6 Å². The average Bonchev–Trinajstić information content (AvgIpc) is 3.46. The van der Waals surface area contributed by atoms with E-state index in [4.69, 9.17) is 14.2 Å². The smallest absolute Gasteiger partial charge is 0.355 e. The van der Waals surface area contributed by atoms with Crippen LogP contribution >= 0.6 is 11.7 Å². The highest BCUT2D eigenvalue weighted by Gasteiger charge is 2.26. The fraction of sp³-hybridized carbons (Fsp3) is 0.222. The Morgan fingerprint density at radius 1 is 0.971 bits per heavy atom. The Bertz CT molecular complexity index is 1520. The Balaban J connectivity index is 1.82. The number of aromatic nitrogens is 3. The van der Waals surface area contributed by atoms with E-state index >= 15 is 0 Å². The number of carbonyl (C=O) groups excluding carboxylic acids is 1. The molecular formula is C27H25N3O4S. The maximum absolute atomic E-state index is 13.5. The maximum atomic E-state index is 13.5. The van der Waals surface area contributed by atoms with Crippen LogP contribution in [0.15, 0.2) is 60.7 Å². The van der Waals surface area contributed by atoms with E-state index in [2.05, 4.69) is 8.75 Å². The van der Waals surface area contributed by atoms with E-state index in [9.17, 15) is 4.79 Å². The van der Waals surface area contributed by atoms with E-state index in [1.54, 1.807) is 7.11 Å². The lowest BCUT2D eigenvalue weighted by atomic mass is 10.0. The first-order valence-corrected chi connectivity index (χ1v) is 12.2. The lowest BCUT2D eigenvalue weighted by Gasteiger charge is -2.14. The third-order valence-electron chi connectivity index (χ3n) is 5.88. The van der Waals surface area contributed by atoms with Crippen LogP contribution in [0.25, 0.3) is 33.1 Å². The van der Waals surface area contributed by atoms with Crippen molar-refractivity contribution < 1.29 is 19.0 Å². The van der Waals surface area contributed by atoms with Crippen molar-refractivity contribution in [2.75, 3.05) is 20.3 Å². The minimum Gasteiger partial charge on any atom is -0.496 e. The van der Waals surface area contributed by atoms with Crippen LogP contribution in [0.5, 0.6) is 11.5 Å². The lowest BCUT2D eigenvalue weighted by Crippen LogP contribution is -2.14. The van der Waals surface area contributed by atoms with Crippen molar-refractivity contribution in [3.63, 3.8) is 0 Å². The molecule has 0 unspecified atom stereocenters. The summed E-state index contributed by atoms with van der Waals surface area (Å²) in [5.41, 5.74) is 5.59. The Kier molecular flexibility index (Phi) is 6.37. The standard InChI is InChI=1S/C27H25N3O4S/c1-4-33-19-11-13-23-20(15-19)25(17-10-12-21-22(14-17)29-35-28-21)26(27(31)34-5-2)30(23)16-18-8-6-7-9-24(18)32-3/h6-15H,4-5,16H2,1-3H3. The van der Waals surface area contributed by atoms with Gasteiger partial charge in [-0.15, -0.1) is 0 Å². The van der Waals surface area contributed by atoms with Crippen molar-refractivity contribution in [1.82, 2.24) is 13.3 Å². The summed E-state index contributed by atoms with van der Waals surface area (Å²) in [5.74, 6) is 1.11. The van der Waals surface area contributed by atoms with Gasteiger partial charge in [0, 0.05) is 22.0 Å². The van der Waals surface area contributed by atoms with Crippen LogP contribution in [0.2, 0.25) is 0 Å². The van der Waals surface area contributed by atoms with Gasteiger partial charge in [-0.3, -0.25) is 0 Å². The summed E-state index contributed by atoms with van der Waals surface area (Å²) in [4.78, 5) is 13.5. The molecule has 0 bridgehead atoms. The number of nitrogens with zero attached hydrogens (tertiary/aromatic N) is 3. The van der Waals surface area contributed by atoms with Crippen molar-refractivity contribution in [1.29, 1.82) is 0 Å². The number of esters is 1. The molecule has 0 radical (unpaired) electrons. The van der Waals surface area contributed by atoms with Crippen molar-refractivity contribution in [2.24, 2.45) is 0 Å². The summed E-state index contributed by atoms with van der Waals surface area (Å²) in [5, 5.41) is 0.899. The highest BCUT2D eigenvalue weighted by Crippen LogP contribution is 2.39. The van der Waals surface area contributed by atoms with Crippen molar-refractivity contribution in [2.45, 2.75) is 20.4 Å². The Morgan fingerprint density at radius 2 is 1.80 bits per heavy atom. The van der Waals surface area contributed by atoms with Crippen molar-refractivity contribution in [3.05, 3.63) is 71.9 Å². The Morgan fingerprint density at radius 3 is 2.60 bits per heavy atom. The molecule has 0 saturated heterocycles. The first-order valence-electron chi connectivity index (χ1n) is 11.4. The number of carbonyl (C=O) groups is 1. The minimum absolute atomic E-state index is 0.272. The monoisotopic (exact) mass is 487 g/mol. The molecule has 3 aromatic carbocycles. The average molecular weight is 488 g/mol. The zero-order chi connectivity index (χ0) is 24.4. The summed E-state index contributed by atoms with van der Waals surface area (Å²) >= 11 is 1.17. The SMILES string of the molecule is CCOC(=O)c1c(-c2ccc3nsnc3c2)c2cc(OCC)ccc2n1Cc1ccccc1OC. The second-order valence-electron chi connectivity index (χ2n) is 7.92. The van der Waals surface area contributed by atoms with Gasteiger partial charge in [0.2, 0.25) is 0 Å². The second-order valence-corrected chi connectivity index (χ2v) is 8.45. The Labute approximate surface area is 207 Å². The van der Waals surface area contributed by atoms with E-state index < -0.39 is 0 Å². The van der Waals surface area contributed by atoms with Gasteiger partial charge in [0.1, 0.15) is 28.2 Å². The zero-order valence-electron chi connectivity index (χ0n) is 19.8. The zero-order valence-corrected chi connectivity index (χ0v) is 20.6. The van der Waals surface area contributed by atoms with E-state index in [0.29, 0.717) is 18.8 Å². The topological polar surface area (TPSA) is 75.5 Å². The summed E-state index contributed by atoms with van der Waals surface area (Å²) in [6.07, 6.45) is 0. The van der Waals surface area contributed by atoms with E-state index in [-0.39, 0.29) is 12.6 Å². The van der Waals surface area contributed by atoms with Gasteiger partial charge in [-0.25, -0.2) is 4.79 Å². The summed E-state index contributed by atoms with van der Waals surface area (Å²) in [6.45, 7) is 5.01. The maximum Gasteiger partial charge on any atom is 0.355 e. The number of para-hydroxylation sites is 1. The molecule has 0 aliphatic heterocycles. The minimum atomic E-state index is -0.386. The van der Waals surface area contributed by atoms with Gasteiger partial charge in [0.25, 0.3) is 0 Å². The third kappa shape index (κ3) is 4.21. The van der Waals surface area contributed by atoms with Gasteiger partial charge in [0.05, 0.1) is 38.6 Å². The molecule has 0 aliphatic rings. The molecule has 178 valence electrons. The van der Waals surface area contributed by atoms with Gasteiger partial charge in [-0.1, -0.05) is 24.3 Å². The van der Waals surface area contributed by atoms with Crippen LogP contribution in [0.3, 0.4) is 0 Å². The molecule has 2 aromatic heterocycles. The predicted octanol–water partition coefficient (Wildman–Crippen LogP) is 5.95. The number of methoxy groups -OCH3 is 1. The molecule has 0 amide bonds. The summed E-state index contributed by atoms with van der Waals surface area (Å²) in [7, 11) is 1.65. The van der Waals surface area contributed by atoms with E-state index in [0.717, 1.165) is 50.1 Å². The van der Waals surface area contributed by atoms with Crippen LogP contribution in [-0.2, 0) is 11.3 Å². The van der Waals surface area contributed by atoms with Gasteiger partial charge in [-0.2, -0.15) is 8.75 Å². The van der Waals surface area contributed by atoms with Gasteiger partial charge >= 0.3 is 5.97 Å². The van der Waals surface area contributed by atoms with Crippen LogP contribution < -0.4 is 9.47 Å². The molecule has 0 aliphatic carbocycles. The number of ether oxygens (including phenoxy) is 3. The fourth-order valence-corrected chi connectivity index (χ4v) is 4.92. The number of fused-ring (bicyclic) bond motifs is 2. The molecule has 8 heteroatoms. The molecule has 0 atom stereocenters. The highest BCUT2D eigenvalue weighted by molar-refractivity contribution is 7.00. The number of hydrogen-bond acceptors (Lipinski definition) is 7. The predicted molar refractivity (Wildman–Crippen MR) is 138 cm³/mol. The Hall–Kier alpha value is -3.91.